The van der Waals surface area contributed by atoms with Gasteiger partial charge in [0.15, 0.2) is 0 Å². The lowest BCUT2D eigenvalue weighted by molar-refractivity contribution is 0.101. The molecule has 100 valence electrons. The number of nitrogens with one attached hydrogen (secondary N) is 2. The van der Waals surface area contributed by atoms with Crippen molar-refractivity contribution in [3.63, 3.8) is 0 Å². The Morgan fingerprint density at radius 2 is 2.32 bits per heavy atom. The summed E-state index contributed by atoms with van der Waals surface area (Å²) in [5, 5.41) is 9.10. The predicted octanol–water partition coefficient (Wildman–Crippen LogP) is 2.80. The summed E-state index contributed by atoms with van der Waals surface area (Å²) in [4.78, 5) is 15.8. The van der Waals surface area contributed by atoms with Gasteiger partial charge in [-0.3, -0.25) is 9.89 Å². The number of amides is 1. The van der Waals surface area contributed by atoms with Crippen molar-refractivity contribution in [2.45, 2.75) is 19.8 Å². The number of carbonyl (C=O) groups excluding carboxylic acids is 1. The largest absolute Gasteiger partial charge is 0.317 e. The molecule has 1 aromatic heterocycles. The Balaban J connectivity index is 2.11. The van der Waals surface area contributed by atoms with Crippen LogP contribution < -0.4 is 5.32 Å². The summed E-state index contributed by atoms with van der Waals surface area (Å²) in [5.74, 6) is -0.563. The first kappa shape index (κ1) is 13.5. The summed E-state index contributed by atoms with van der Waals surface area (Å²) in [5.41, 5.74) is 0.0382. The minimum Gasteiger partial charge on any atom is -0.317 e. The quantitative estimate of drug-likeness (QED) is 0.906. The minimum absolute atomic E-state index is 0.0159. The average molecular weight is 283 g/mol. The second kappa shape index (κ2) is 5.79. The summed E-state index contributed by atoms with van der Waals surface area (Å²) in [6, 6.07) is 3.99. The third kappa shape index (κ3) is 3.29. The van der Waals surface area contributed by atoms with Gasteiger partial charge in [-0.05, 0) is 24.6 Å². The molecule has 0 saturated carbocycles. The lowest BCUT2D eigenvalue weighted by Gasteiger charge is -2.03. The van der Waals surface area contributed by atoms with Crippen molar-refractivity contribution in [1.82, 2.24) is 15.2 Å². The zero-order valence-electron chi connectivity index (χ0n) is 10.2. The smallest absolute Gasteiger partial charge is 0.295 e. The molecule has 7 heteroatoms. The number of hydrogen-bond donors (Lipinski definition) is 2. The normalized spacial score (nSPS) is 10.5. The standard InChI is InChI=1S/C12H12ClFN4O/c1-2-3-10-16-11(18-17-10)12(19)15-9-5-4-7(13)6-8(9)14/h4-6H,2-3H2,1H3,(H,15,19)(H,16,17,18). The first-order chi connectivity index (χ1) is 9.10. The van der Waals surface area contributed by atoms with E-state index in [1.165, 1.54) is 12.1 Å². The van der Waals surface area contributed by atoms with Crippen molar-refractivity contribution >= 4 is 23.2 Å². The number of aromatic amines is 1. The number of aromatic nitrogens is 3. The molecule has 5 nitrogen and oxygen atoms in total. The van der Waals surface area contributed by atoms with Gasteiger partial charge < -0.3 is 5.32 Å². The number of anilines is 1. The molecule has 2 aromatic rings. The molecule has 19 heavy (non-hydrogen) atoms. The first-order valence-corrected chi connectivity index (χ1v) is 6.15. The molecule has 0 bridgehead atoms. The van der Waals surface area contributed by atoms with Gasteiger partial charge in [0.05, 0.1) is 5.69 Å². The fraction of sp³-hybridized carbons (Fsp3) is 0.250. The van der Waals surface area contributed by atoms with Crippen molar-refractivity contribution in [1.29, 1.82) is 0 Å². The van der Waals surface area contributed by atoms with Crippen LogP contribution in [0.2, 0.25) is 5.02 Å². The van der Waals surface area contributed by atoms with E-state index in [1.54, 1.807) is 0 Å². The van der Waals surface area contributed by atoms with E-state index < -0.39 is 11.7 Å². The highest BCUT2D eigenvalue weighted by Gasteiger charge is 2.14. The lowest BCUT2D eigenvalue weighted by Crippen LogP contribution is -2.14. The third-order valence-electron chi connectivity index (χ3n) is 2.40. The van der Waals surface area contributed by atoms with Crippen LogP contribution in [0, 0.1) is 5.82 Å². The Morgan fingerprint density at radius 3 is 3.00 bits per heavy atom. The van der Waals surface area contributed by atoms with Gasteiger partial charge >= 0.3 is 0 Å². The molecule has 1 aromatic carbocycles. The van der Waals surface area contributed by atoms with Gasteiger partial charge in [0.1, 0.15) is 11.6 Å². The van der Waals surface area contributed by atoms with Crippen LogP contribution in [0.15, 0.2) is 18.2 Å². The molecule has 0 aliphatic rings. The van der Waals surface area contributed by atoms with Gasteiger partial charge in [0, 0.05) is 11.4 Å². The molecular weight excluding hydrogens is 271 g/mol. The van der Waals surface area contributed by atoms with Crippen LogP contribution in [0.3, 0.4) is 0 Å². The average Bonchev–Trinajstić information content (AvgIpc) is 2.82. The van der Waals surface area contributed by atoms with E-state index in [9.17, 15) is 9.18 Å². The Bertz CT molecular complexity index is 599. The molecule has 0 fully saturated rings. The summed E-state index contributed by atoms with van der Waals surface area (Å²) >= 11 is 5.63. The fourth-order valence-corrected chi connectivity index (χ4v) is 1.67. The molecule has 0 atom stereocenters. The molecule has 0 aliphatic carbocycles. The number of aryl methyl sites for hydroxylation is 1. The van der Waals surface area contributed by atoms with Crippen molar-refractivity contribution in [3.8, 4) is 0 Å². The van der Waals surface area contributed by atoms with Crippen LogP contribution in [-0.2, 0) is 6.42 Å². The molecule has 0 saturated heterocycles. The molecule has 1 heterocycles. The second-order valence-electron chi connectivity index (χ2n) is 3.93. The van der Waals surface area contributed by atoms with E-state index in [1.807, 2.05) is 6.92 Å². The Morgan fingerprint density at radius 1 is 1.53 bits per heavy atom. The van der Waals surface area contributed by atoms with Crippen LogP contribution in [0.1, 0.15) is 29.8 Å². The number of hydrogen-bond acceptors (Lipinski definition) is 3. The van der Waals surface area contributed by atoms with Crippen LogP contribution in [0.5, 0.6) is 0 Å². The molecule has 2 N–H and O–H groups in total. The minimum atomic E-state index is -0.606. The molecule has 0 unspecified atom stereocenters. The zero-order valence-corrected chi connectivity index (χ0v) is 11.0. The molecular formula is C12H12ClFN4O. The predicted molar refractivity (Wildman–Crippen MR) is 69.7 cm³/mol. The van der Waals surface area contributed by atoms with Crippen LogP contribution in [-0.4, -0.2) is 21.1 Å². The maximum atomic E-state index is 13.5. The number of carbonyl (C=O) groups is 1. The highest BCUT2D eigenvalue weighted by molar-refractivity contribution is 6.30. The van der Waals surface area contributed by atoms with Gasteiger partial charge in [0.2, 0.25) is 5.82 Å². The molecule has 1 amide bonds. The maximum Gasteiger partial charge on any atom is 0.295 e. The molecule has 2 rings (SSSR count). The summed E-state index contributed by atoms with van der Waals surface area (Å²) in [6.45, 7) is 1.99. The fourth-order valence-electron chi connectivity index (χ4n) is 1.51. The SMILES string of the molecule is CCCc1nc(C(=O)Nc2ccc(Cl)cc2F)n[nH]1. The Kier molecular flexibility index (Phi) is 4.11. The van der Waals surface area contributed by atoms with E-state index in [0.29, 0.717) is 12.2 Å². The Labute approximate surface area is 114 Å². The highest BCUT2D eigenvalue weighted by atomic mass is 35.5. The van der Waals surface area contributed by atoms with Crippen molar-refractivity contribution in [3.05, 3.63) is 40.7 Å². The molecule has 0 radical (unpaired) electrons. The molecule has 0 aliphatic heterocycles. The van der Waals surface area contributed by atoms with Crippen LogP contribution in [0.25, 0.3) is 0 Å². The first-order valence-electron chi connectivity index (χ1n) is 5.78. The second-order valence-corrected chi connectivity index (χ2v) is 4.37. The van der Waals surface area contributed by atoms with Gasteiger partial charge in [-0.15, -0.1) is 5.10 Å². The third-order valence-corrected chi connectivity index (χ3v) is 2.64. The van der Waals surface area contributed by atoms with Gasteiger partial charge in [-0.2, -0.15) is 0 Å². The number of nitrogens with zero attached hydrogens (tertiary/aromatic N) is 2. The number of halogens is 2. The van der Waals surface area contributed by atoms with Crippen LogP contribution in [0.4, 0.5) is 10.1 Å². The van der Waals surface area contributed by atoms with E-state index in [-0.39, 0.29) is 16.5 Å². The monoisotopic (exact) mass is 282 g/mol. The van der Waals surface area contributed by atoms with Crippen molar-refractivity contribution < 1.29 is 9.18 Å². The van der Waals surface area contributed by atoms with E-state index in [2.05, 4.69) is 20.5 Å². The number of H-pyrrole nitrogens is 1. The highest BCUT2D eigenvalue weighted by Crippen LogP contribution is 2.19. The number of rotatable bonds is 4. The molecule has 0 spiro atoms. The van der Waals surface area contributed by atoms with E-state index >= 15 is 0 Å². The Hall–Kier alpha value is -1.95. The van der Waals surface area contributed by atoms with E-state index in [0.717, 1.165) is 12.5 Å². The zero-order chi connectivity index (χ0) is 13.8. The lowest BCUT2D eigenvalue weighted by atomic mass is 10.3. The van der Waals surface area contributed by atoms with E-state index in [4.69, 9.17) is 11.6 Å². The van der Waals surface area contributed by atoms with Gasteiger partial charge in [0.25, 0.3) is 5.91 Å². The topological polar surface area (TPSA) is 70.7 Å². The van der Waals surface area contributed by atoms with Crippen molar-refractivity contribution in [2.24, 2.45) is 0 Å². The summed E-state index contributed by atoms with van der Waals surface area (Å²) in [7, 11) is 0. The van der Waals surface area contributed by atoms with Gasteiger partial charge in [-0.25, -0.2) is 9.37 Å². The van der Waals surface area contributed by atoms with Gasteiger partial charge in [-0.1, -0.05) is 18.5 Å². The van der Waals surface area contributed by atoms with Crippen molar-refractivity contribution in [2.75, 3.05) is 5.32 Å². The summed E-state index contributed by atoms with van der Waals surface area (Å²) < 4.78 is 13.5. The summed E-state index contributed by atoms with van der Waals surface area (Å²) in [6.07, 6.45) is 1.59. The van der Waals surface area contributed by atoms with Crippen LogP contribution >= 0.6 is 11.6 Å². The number of benzene rings is 1. The maximum absolute atomic E-state index is 13.5.